The maximum atomic E-state index is 13.2. The molecule has 8 nitrogen and oxygen atoms in total. The third kappa shape index (κ3) is 4.33. The number of rotatable bonds is 5. The molecule has 176 valence electrons. The second kappa shape index (κ2) is 9.34. The van der Waals surface area contributed by atoms with E-state index in [4.69, 9.17) is 14.2 Å². The van der Waals surface area contributed by atoms with Crippen molar-refractivity contribution in [3.8, 4) is 22.6 Å². The van der Waals surface area contributed by atoms with Crippen LogP contribution in [0.1, 0.15) is 10.5 Å². The first-order valence-corrected chi connectivity index (χ1v) is 11.1. The number of nitrogens with zero attached hydrogens (tertiary/aromatic N) is 1. The van der Waals surface area contributed by atoms with E-state index in [0.29, 0.717) is 46.7 Å². The Morgan fingerprint density at radius 2 is 1.60 bits per heavy atom. The molecule has 0 radical (unpaired) electrons. The zero-order chi connectivity index (χ0) is 24.4. The monoisotopic (exact) mass is 470 g/mol. The minimum absolute atomic E-state index is 0.0760. The van der Waals surface area contributed by atoms with E-state index in [2.05, 4.69) is 5.32 Å². The van der Waals surface area contributed by atoms with Crippen LogP contribution < -0.4 is 20.3 Å². The number of anilines is 1. The van der Waals surface area contributed by atoms with Gasteiger partial charge in [0, 0.05) is 29.8 Å². The van der Waals surface area contributed by atoms with Crippen LogP contribution in [0.3, 0.4) is 0 Å². The first-order valence-electron chi connectivity index (χ1n) is 11.1. The zero-order valence-corrected chi connectivity index (χ0v) is 18.9. The van der Waals surface area contributed by atoms with Gasteiger partial charge >= 0.3 is 5.97 Å². The highest BCUT2D eigenvalue weighted by molar-refractivity contribution is 6.07. The van der Waals surface area contributed by atoms with E-state index < -0.39 is 18.5 Å². The predicted octanol–water partition coefficient (Wildman–Crippen LogP) is 3.77. The number of esters is 1. The lowest BCUT2D eigenvalue weighted by Gasteiger charge is -2.19. The number of carbonyl (C=O) groups excluding carboxylic acids is 2. The lowest BCUT2D eigenvalue weighted by Crippen LogP contribution is -2.28. The maximum Gasteiger partial charge on any atom is 0.356 e. The zero-order valence-electron chi connectivity index (χ0n) is 18.9. The summed E-state index contributed by atoms with van der Waals surface area (Å²) in [6.07, 6.45) is 0. The van der Waals surface area contributed by atoms with Crippen LogP contribution in [0.15, 0.2) is 77.6 Å². The number of ether oxygens (including phenoxy) is 3. The lowest BCUT2D eigenvalue weighted by atomic mass is 9.97. The smallest absolute Gasteiger partial charge is 0.356 e. The van der Waals surface area contributed by atoms with Crippen LogP contribution in [0, 0.1) is 0 Å². The standard InChI is InChI=1S/C27H22N2O6/c1-29-25(24(17-7-3-2-4-8-17)19-9-5-6-10-20(19)26(29)31)27(32)35-16-23(30)28-18-11-12-21-22(15-18)34-14-13-33-21/h2-12,15H,13-14,16H2,1H3,(H,28,30). The summed E-state index contributed by atoms with van der Waals surface area (Å²) in [7, 11) is 1.52. The molecule has 0 fully saturated rings. The molecule has 0 saturated heterocycles. The molecule has 4 aromatic rings. The minimum Gasteiger partial charge on any atom is -0.486 e. The number of aromatic nitrogens is 1. The van der Waals surface area contributed by atoms with Crippen molar-refractivity contribution in [2.45, 2.75) is 0 Å². The number of fused-ring (bicyclic) bond motifs is 2. The average molecular weight is 470 g/mol. The van der Waals surface area contributed by atoms with E-state index in [1.165, 1.54) is 11.6 Å². The molecule has 0 unspecified atom stereocenters. The predicted molar refractivity (Wildman–Crippen MR) is 131 cm³/mol. The van der Waals surface area contributed by atoms with Gasteiger partial charge in [0.25, 0.3) is 11.5 Å². The number of benzene rings is 3. The first kappa shape index (κ1) is 22.2. The van der Waals surface area contributed by atoms with Gasteiger partial charge in [-0.25, -0.2) is 4.79 Å². The molecule has 0 bridgehead atoms. The summed E-state index contributed by atoms with van der Waals surface area (Å²) in [4.78, 5) is 38.7. The molecule has 2 heterocycles. The minimum atomic E-state index is -0.772. The third-order valence-electron chi connectivity index (χ3n) is 5.72. The Labute approximate surface area is 200 Å². The van der Waals surface area contributed by atoms with E-state index >= 15 is 0 Å². The number of amides is 1. The van der Waals surface area contributed by atoms with E-state index in [1.807, 2.05) is 36.4 Å². The summed E-state index contributed by atoms with van der Waals surface area (Å²) in [5.74, 6) is -0.162. The maximum absolute atomic E-state index is 13.2. The molecule has 0 saturated carbocycles. The van der Waals surface area contributed by atoms with Crippen molar-refractivity contribution in [2.24, 2.45) is 7.05 Å². The van der Waals surface area contributed by atoms with Crippen LogP contribution in [0.5, 0.6) is 11.5 Å². The summed E-state index contributed by atoms with van der Waals surface area (Å²) < 4.78 is 17.6. The molecule has 1 aromatic heterocycles. The fraction of sp³-hybridized carbons (Fsp3) is 0.148. The van der Waals surface area contributed by atoms with E-state index in [-0.39, 0.29) is 11.3 Å². The Bertz CT molecular complexity index is 1490. The Morgan fingerprint density at radius 3 is 2.37 bits per heavy atom. The summed E-state index contributed by atoms with van der Waals surface area (Å²) in [5, 5.41) is 3.80. The van der Waals surface area contributed by atoms with E-state index in [0.717, 1.165) is 5.56 Å². The van der Waals surface area contributed by atoms with Crippen LogP contribution in [-0.2, 0) is 16.6 Å². The molecular formula is C27H22N2O6. The number of carbonyl (C=O) groups is 2. The first-order chi connectivity index (χ1) is 17.0. The van der Waals surface area contributed by atoms with E-state index in [9.17, 15) is 14.4 Å². The molecule has 5 rings (SSSR count). The highest BCUT2D eigenvalue weighted by Gasteiger charge is 2.23. The summed E-state index contributed by atoms with van der Waals surface area (Å²) >= 11 is 0. The van der Waals surface area contributed by atoms with Gasteiger partial charge in [0.15, 0.2) is 18.1 Å². The average Bonchev–Trinajstić information content (AvgIpc) is 2.89. The van der Waals surface area contributed by atoms with Crippen molar-refractivity contribution in [3.63, 3.8) is 0 Å². The molecule has 1 N–H and O–H groups in total. The topological polar surface area (TPSA) is 95.9 Å². The normalized spacial score (nSPS) is 12.3. The quantitative estimate of drug-likeness (QED) is 0.446. The van der Waals surface area contributed by atoms with Gasteiger partial charge in [-0.1, -0.05) is 48.5 Å². The Hall–Kier alpha value is -4.59. The summed E-state index contributed by atoms with van der Waals surface area (Å²) in [5.41, 5.74) is 1.56. The van der Waals surface area contributed by atoms with Gasteiger partial charge in [0.1, 0.15) is 18.9 Å². The van der Waals surface area contributed by atoms with Crippen molar-refractivity contribution in [1.29, 1.82) is 0 Å². The van der Waals surface area contributed by atoms with Crippen molar-refractivity contribution in [2.75, 3.05) is 25.1 Å². The fourth-order valence-electron chi connectivity index (χ4n) is 4.12. The van der Waals surface area contributed by atoms with Gasteiger partial charge in [-0.2, -0.15) is 0 Å². The molecule has 1 aliphatic heterocycles. The van der Waals surface area contributed by atoms with Crippen molar-refractivity contribution in [3.05, 3.63) is 88.8 Å². The summed E-state index contributed by atoms with van der Waals surface area (Å²) in [6.45, 7) is 0.371. The van der Waals surface area contributed by atoms with Crippen molar-refractivity contribution < 1.29 is 23.8 Å². The Morgan fingerprint density at radius 1 is 0.914 bits per heavy atom. The molecule has 0 aliphatic carbocycles. The van der Waals surface area contributed by atoms with Crippen LogP contribution in [-0.4, -0.2) is 36.3 Å². The second-order valence-corrected chi connectivity index (χ2v) is 7.98. The van der Waals surface area contributed by atoms with Crippen LogP contribution >= 0.6 is 0 Å². The highest BCUT2D eigenvalue weighted by atomic mass is 16.6. The molecule has 1 aliphatic rings. The summed E-state index contributed by atoms with van der Waals surface area (Å²) in [6, 6.07) is 21.4. The van der Waals surface area contributed by atoms with Crippen LogP contribution in [0.4, 0.5) is 5.69 Å². The van der Waals surface area contributed by atoms with Crippen LogP contribution in [0.2, 0.25) is 0 Å². The van der Waals surface area contributed by atoms with Crippen molar-refractivity contribution >= 4 is 28.3 Å². The lowest BCUT2D eigenvalue weighted by molar-refractivity contribution is -0.119. The van der Waals surface area contributed by atoms with Crippen molar-refractivity contribution in [1.82, 2.24) is 4.57 Å². The number of hydrogen-bond donors (Lipinski definition) is 1. The Kier molecular flexibility index (Phi) is 5.93. The van der Waals surface area contributed by atoms with Gasteiger partial charge < -0.3 is 24.1 Å². The molecule has 1 amide bonds. The number of hydrogen-bond acceptors (Lipinski definition) is 6. The van der Waals surface area contributed by atoms with Gasteiger partial charge in [-0.05, 0) is 29.1 Å². The molecule has 3 aromatic carbocycles. The SMILES string of the molecule is Cn1c(C(=O)OCC(=O)Nc2ccc3c(c2)OCCO3)c(-c2ccccc2)c2ccccc2c1=O. The Balaban J connectivity index is 1.41. The largest absolute Gasteiger partial charge is 0.486 e. The molecule has 8 heteroatoms. The van der Waals surface area contributed by atoms with Gasteiger partial charge in [-0.3, -0.25) is 9.59 Å². The van der Waals surface area contributed by atoms with Crippen LogP contribution in [0.25, 0.3) is 21.9 Å². The second-order valence-electron chi connectivity index (χ2n) is 7.98. The molecular weight excluding hydrogens is 448 g/mol. The number of pyridine rings is 1. The molecule has 0 spiro atoms. The van der Waals surface area contributed by atoms with Gasteiger partial charge in [0.05, 0.1) is 0 Å². The third-order valence-corrected chi connectivity index (χ3v) is 5.72. The van der Waals surface area contributed by atoms with E-state index in [1.54, 1.807) is 36.4 Å². The fourth-order valence-corrected chi connectivity index (χ4v) is 4.12. The molecule has 35 heavy (non-hydrogen) atoms. The highest BCUT2D eigenvalue weighted by Crippen LogP contribution is 2.33. The number of nitrogens with one attached hydrogen (secondary N) is 1. The van der Waals surface area contributed by atoms with Gasteiger partial charge in [0.2, 0.25) is 0 Å². The molecule has 0 atom stereocenters. The van der Waals surface area contributed by atoms with Gasteiger partial charge in [-0.15, -0.1) is 0 Å².